The Bertz CT molecular complexity index is 713. The second-order valence-electron chi connectivity index (χ2n) is 3.27. The van der Waals surface area contributed by atoms with Crippen LogP contribution in [0.3, 0.4) is 0 Å². The van der Waals surface area contributed by atoms with Crippen molar-refractivity contribution < 1.29 is 0 Å². The number of benzene rings is 1. The number of aromatic nitrogens is 3. The minimum atomic E-state index is -0.146. The van der Waals surface area contributed by atoms with Crippen LogP contribution in [0, 0.1) is 0 Å². The van der Waals surface area contributed by atoms with Gasteiger partial charge in [-0.05, 0) is 18.2 Å². The summed E-state index contributed by atoms with van der Waals surface area (Å²) in [7, 11) is 0. The van der Waals surface area contributed by atoms with Crippen LogP contribution in [0.1, 0.15) is 0 Å². The smallest absolute Gasteiger partial charge is 0.275 e. The van der Waals surface area contributed by atoms with Gasteiger partial charge < -0.3 is 9.97 Å². The molecule has 4 nitrogen and oxygen atoms in total. The van der Waals surface area contributed by atoms with Gasteiger partial charge in [-0.3, -0.25) is 4.79 Å². The lowest BCUT2D eigenvalue weighted by Gasteiger charge is -1.90. The van der Waals surface area contributed by atoms with E-state index in [2.05, 4.69) is 30.9 Å². The number of hydrogen-bond acceptors (Lipinski definition) is 2. The molecule has 3 aromatic rings. The molecule has 5 heteroatoms. The summed E-state index contributed by atoms with van der Waals surface area (Å²) >= 11 is 3.39. The van der Waals surface area contributed by atoms with Gasteiger partial charge in [-0.25, -0.2) is 4.98 Å². The molecule has 0 saturated heterocycles. The Morgan fingerprint density at radius 3 is 3.07 bits per heavy atom. The molecule has 0 atom stereocenters. The van der Waals surface area contributed by atoms with Crippen LogP contribution in [0.25, 0.3) is 21.9 Å². The molecule has 0 aliphatic heterocycles. The molecule has 0 fully saturated rings. The van der Waals surface area contributed by atoms with Crippen LogP contribution in [0.4, 0.5) is 0 Å². The van der Waals surface area contributed by atoms with Gasteiger partial charge in [-0.15, -0.1) is 0 Å². The summed E-state index contributed by atoms with van der Waals surface area (Å²) in [4.78, 5) is 21.2. The molecule has 2 aromatic heterocycles. The van der Waals surface area contributed by atoms with E-state index in [9.17, 15) is 4.79 Å². The van der Waals surface area contributed by atoms with E-state index in [-0.39, 0.29) is 5.56 Å². The molecule has 0 unspecified atom stereocenters. The first-order valence-corrected chi connectivity index (χ1v) is 5.19. The van der Waals surface area contributed by atoms with Gasteiger partial charge in [-0.1, -0.05) is 15.9 Å². The molecule has 1 aromatic carbocycles. The molecule has 0 radical (unpaired) electrons. The van der Waals surface area contributed by atoms with E-state index in [0.717, 1.165) is 15.4 Å². The van der Waals surface area contributed by atoms with E-state index in [0.29, 0.717) is 11.0 Å². The Morgan fingerprint density at radius 1 is 1.33 bits per heavy atom. The number of halogens is 1. The van der Waals surface area contributed by atoms with Gasteiger partial charge in [-0.2, -0.15) is 0 Å². The zero-order valence-electron chi connectivity index (χ0n) is 7.54. The topological polar surface area (TPSA) is 61.5 Å². The van der Waals surface area contributed by atoms with Crippen LogP contribution in [0.5, 0.6) is 0 Å². The summed E-state index contributed by atoms with van der Waals surface area (Å²) in [5.74, 6) is 0. The summed E-state index contributed by atoms with van der Waals surface area (Å²) in [6.45, 7) is 0. The van der Waals surface area contributed by atoms with E-state index in [1.807, 2.05) is 18.2 Å². The molecule has 0 saturated carbocycles. The van der Waals surface area contributed by atoms with Crippen molar-refractivity contribution in [1.82, 2.24) is 15.0 Å². The van der Waals surface area contributed by atoms with Crippen LogP contribution in [-0.2, 0) is 0 Å². The van der Waals surface area contributed by atoms with E-state index < -0.39 is 0 Å². The summed E-state index contributed by atoms with van der Waals surface area (Å²) < 4.78 is 0.970. The standard InChI is InChI=1S/C10H6BrN3O/c11-5-1-2-7-6(3-5)8-9(14-7)10(15)13-4-12-8/h1-4,14H,(H,12,13,15). The minimum Gasteiger partial charge on any atom is -0.349 e. The second kappa shape index (κ2) is 2.93. The van der Waals surface area contributed by atoms with Gasteiger partial charge >= 0.3 is 0 Å². The third-order valence-corrected chi connectivity index (χ3v) is 2.84. The highest BCUT2D eigenvalue weighted by Crippen LogP contribution is 2.24. The lowest BCUT2D eigenvalue weighted by atomic mass is 10.2. The lowest BCUT2D eigenvalue weighted by Crippen LogP contribution is -2.05. The van der Waals surface area contributed by atoms with Crippen molar-refractivity contribution in [3.05, 3.63) is 39.4 Å². The van der Waals surface area contributed by atoms with Crippen molar-refractivity contribution in [2.45, 2.75) is 0 Å². The number of hydrogen-bond donors (Lipinski definition) is 2. The predicted octanol–water partition coefficient (Wildman–Crippen LogP) is 2.17. The molecule has 2 heterocycles. The Labute approximate surface area is 92.5 Å². The van der Waals surface area contributed by atoms with Crippen LogP contribution in [-0.4, -0.2) is 15.0 Å². The number of aromatic amines is 2. The quantitative estimate of drug-likeness (QED) is 0.653. The van der Waals surface area contributed by atoms with E-state index in [1.165, 1.54) is 6.33 Å². The van der Waals surface area contributed by atoms with Gasteiger partial charge in [0.05, 0.1) is 6.33 Å². The molecule has 3 rings (SSSR count). The Balaban J connectivity index is 2.64. The maximum absolute atomic E-state index is 11.5. The molecule has 74 valence electrons. The molecular formula is C10H6BrN3O. The average Bonchev–Trinajstić information content (AvgIpc) is 2.58. The molecule has 15 heavy (non-hydrogen) atoms. The van der Waals surface area contributed by atoms with Gasteiger partial charge in [0, 0.05) is 15.4 Å². The fourth-order valence-electron chi connectivity index (χ4n) is 1.68. The fourth-order valence-corrected chi connectivity index (χ4v) is 2.04. The van der Waals surface area contributed by atoms with Crippen molar-refractivity contribution in [2.75, 3.05) is 0 Å². The molecule has 0 bridgehead atoms. The molecule has 2 N–H and O–H groups in total. The van der Waals surface area contributed by atoms with Crippen molar-refractivity contribution in [3.63, 3.8) is 0 Å². The monoisotopic (exact) mass is 263 g/mol. The van der Waals surface area contributed by atoms with Crippen LogP contribution in [0.15, 0.2) is 33.8 Å². The van der Waals surface area contributed by atoms with Crippen LogP contribution < -0.4 is 5.56 Å². The molecule has 0 amide bonds. The van der Waals surface area contributed by atoms with Crippen molar-refractivity contribution >= 4 is 37.9 Å². The maximum Gasteiger partial charge on any atom is 0.275 e. The highest BCUT2D eigenvalue weighted by molar-refractivity contribution is 9.10. The number of H-pyrrole nitrogens is 2. The molecular weight excluding hydrogens is 258 g/mol. The zero-order valence-corrected chi connectivity index (χ0v) is 9.13. The summed E-state index contributed by atoms with van der Waals surface area (Å²) in [6.07, 6.45) is 1.42. The first-order valence-electron chi connectivity index (χ1n) is 4.40. The second-order valence-corrected chi connectivity index (χ2v) is 4.19. The Morgan fingerprint density at radius 2 is 2.20 bits per heavy atom. The molecule has 0 aliphatic rings. The number of rotatable bonds is 0. The third-order valence-electron chi connectivity index (χ3n) is 2.35. The Kier molecular flexibility index (Phi) is 1.70. The number of nitrogens with one attached hydrogen (secondary N) is 2. The lowest BCUT2D eigenvalue weighted by molar-refractivity contribution is 1.17. The van der Waals surface area contributed by atoms with Gasteiger partial charge in [0.25, 0.3) is 5.56 Å². The summed E-state index contributed by atoms with van der Waals surface area (Å²) in [5, 5.41) is 0.950. The zero-order chi connectivity index (χ0) is 10.4. The van der Waals surface area contributed by atoms with Crippen LogP contribution in [0.2, 0.25) is 0 Å². The fraction of sp³-hybridized carbons (Fsp3) is 0. The summed E-state index contributed by atoms with van der Waals surface area (Å²) in [6, 6.07) is 5.78. The third kappa shape index (κ3) is 1.20. The van der Waals surface area contributed by atoms with Crippen molar-refractivity contribution in [1.29, 1.82) is 0 Å². The number of nitrogens with zero attached hydrogens (tertiary/aromatic N) is 1. The average molecular weight is 264 g/mol. The van der Waals surface area contributed by atoms with Gasteiger partial charge in [0.15, 0.2) is 0 Å². The minimum absolute atomic E-state index is 0.146. The first-order chi connectivity index (χ1) is 7.25. The SMILES string of the molecule is O=c1[nH]cnc2c1[nH]c1ccc(Br)cc12. The van der Waals surface area contributed by atoms with Crippen LogP contribution >= 0.6 is 15.9 Å². The van der Waals surface area contributed by atoms with Gasteiger partial charge in [0.2, 0.25) is 0 Å². The normalized spacial score (nSPS) is 11.3. The van der Waals surface area contributed by atoms with E-state index >= 15 is 0 Å². The predicted molar refractivity (Wildman–Crippen MR) is 61.9 cm³/mol. The van der Waals surface area contributed by atoms with E-state index in [1.54, 1.807) is 0 Å². The summed E-state index contributed by atoms with van der Waals surface area (Å²) in [5.41, 5.74) is 1.99. The van der Waals surface area contributed by atoms with Crippen molar-refractivity contribution in [3.8, 4) is 0 Å². The highest BCUT2D eigenvalue weighted by atomic mass is 79.9. The van der Waals surface area contributed by atoms with Crippen molar-refractivity contribution in [2.24, 2.45) is 0 Å². The molecule has 0 aliphatic carbocycles. The largest absolute Gasteiger partial charge is 0.349 e. The van der Waals surface area contributed by atoms with Gasteiger partial charge in [0.1, 0.15) is 11.0 Å². The highest BCUT2D eigenvalue weighted by Gasteiger charge is 2.07. The maximum atomic E-state index is 11.5. The van der Waals surface area contributed by atoms with E-state index in [4.69, 9.17) is 0 Å². The Hall–Kier alpha value is -1.62. The number of fused-ring (bicyclic) bond motifs is 3. The molecule has 0 spiro atoms. The first kappa shape index (κ1) is 8.67.